The normalized spacial score (nSPS) is 17.9. The van der Waals surface area contributed by atoms with Crippen molar-refractivity contribution in [3.8, 4) is 0 Å². The molecule has 98 valence electrons. The molecule has 0 atom stereocenters. The van der Waals surface area contributed by atoms with Crippen LogP contribution in [-0.2, 0) is 11.2 Å². The van der Waals surface area contributed by atoms with Crippen LogP contribution < -0.4 is 5.73 Å². The lowest BCUT2D eigenvalue weighted by Crippen LogP contribution is -2.39. The summed E-state index contributed by atoms with van der Waals surface area (Å²) in [6, 6.07) is 5.19. The van der Waals surface area contributed by atoms with E-state index in [1.807, 2.05) is 0 Å². The molecule has 0 aliphatic heterocycles. The summed E-state index contributed by atoms with van der Waals surface area (Å²) in [5.41, 5.74) is 6.70. The van der Waals surface area contributed by atoms with E-state index in [1.54, 1.807) is 18.2 Å². The fourth-order valence-corrected chi connectivity index (χ4v) is 2.98. The average Bonchev–Trinajstić information content (AvgIpc) is 2.70. The maximum absolute atomic E-state index is 12.1. The monoisotopic (exact) mass is 285 g/mol. The Hall–Kier alpha value is -0.570. The molecule has 0 heterocycles. The van der Waals surface area contributed by atoms with Crippen molar-refractivity contribution in [3.63, 3.8) is 0 Å². The van der Waals surface area contributed by atoms with Gasteiger partial charge < -0.3 is 5.73 Å². The molecular formula is C14H17Cl2NO. The molecule has 2 N–H and O–H groups in total. The molecule has 2 rings (SSSR count). The molecule has 0 amide bonds. The molecule has 1 aliphatic carbocycles. The Balaban J connectivity index is 2.00. The van der Waals surface area contributed by atoms with Gasteiger partial charge in [0.1, 0.15) is 5.78 Å². The molecule has 0 unspecified atom stereocenters. The highest BCUT2D eigenvalue weighted by molar-refractivity contribution is 6.33. The fraction of sp³-hybridized carbons (Fsp3) is 0.500. The van der Waals surface area contributed by atoms with Crippen molar-refractivity contribution in [1.29, 1.82) is 0 Å². The Morgan fingerprint density at radius 1 is 1.28 bits per heavy atom. The molecule has 0 radical (unpaired) electrons. The summed E-state index contributed by atoms with van der Waals surface area (Å²) < 4.78 is 0. The van der Waals surface area contributed by atoms with Crippen molar-refractivity contribution in [3.05, 3.63) is 33.8 Å². The number of halogens is 2. The second-order valence-electron chi connectivity index (χ2n) is 5.20. The number of benzene rings is 1. The molecular weight excluding hydrogens is 269 g/mol. The van der Waals surface area contributed by atoms with Crippen LogP contribution in [0.5, 0.6) is 0 Å². The minimum Gasteiger partial charge on any atom is -0.325 e. The third-order valence-corrected chi connectivity index (χ3v) is 4.15. The van der Waals surface area contributed by atoms with Gasteiger partial charge in [0.25, 0.3) is 0 Å². The van der Waals surface area contributed by atoms with E-state index in [4.69, 9.17) is 28.9 Å². The second kappa shape index (κ2) is 5.60. The van der Waals surface area contributed by atoms with Gasteiger partial charge in [-0.3, -0.25) is 4.79 Å². The number of hydrogen-bond acceptors (Lipinski definition) is 2. The van der Waals surface area contributed by atoms with Crippen LogP contribution in [0, 0.1) is 0 Å². The highest BCUT2D eigenvalue weighted by Gasteiger charge is 2.31. The third-order valence-electron chi connectivity index (χ3n) is 3.54. The lowest BCUT2D eigenvalue weighted by atomic mass is 9.90. The van der Waals surface area contributed by atoms with Gasteiger partial charge in [-0.15, -0.1) is 0 Å². The lowest BCUT2D eigenvalue weighted by molar-refractivity contribution is -0.119. The first kappa shape index (κ1) is 13.9. The first-order valence-electron chi connectivity index (χ1n) is 6.23. The Kier molecular flexibility index (Phi) is 4.31. The van der Waals surface area contributed by atoms with Crippen molar-refractivity contribution in [2.24, 2.45) is 5.73 Å². The van der Waals surface area contributed by atoms with Crippen molar-refractivity contribution in [2.75, 3.05) is 0 Å². The van der Waals surface area contributed by atoms with Crippen LogP contribution in [0.25, 0.3) is 0 Å². The Bertz CT molecular complexity index is 453. The first-order chi connectivity index (χ1) is 8.48. The number of nitrogens with two attached hydrogens (primary N) is 1. The van der Waals surface area contributed by atoms with E-state index in [9.17, 15) is 4.79 Å². The topological polar surface area (TPSA) is 43.1 Å². The molecule has 2 nitrogen and oxygen atoms in total. The molecule has 1 aliphatic rings. The number of carbonyl (C=O) groups excluding carboxylic acids is 1. The zero-order valence-electron chi connectivity index (χ0n) is 10.2. The van der Waals surface area contributed by atoms with Gasteiger partial charge in [-0.1, -0.05) is 36.0 Å². The van der Waals surface area contributed by atoms with Crippen molar-refractivity contribution >= 4 is 29.0 Å². The number of Topliss-reactive ketones (excluding diaryl/α,β-unsaturated/α-hetero) is 1. The summed E-state index contributed by atoms with van der Waals surface area (Å²) in [6.07, 6.45) is 4.90. The first-order valence-corrected chi connectivity index (χ1v) is 6.99. The zero-order chi connectivity index (χ0) is 13.2. The molecule has 1 fully saturated rings. The highest BCUT2D eigenvalue weighted by Crippen LogP contribution is 2.31. The van der Waals surface area contributed by atoms with Crippen molar-refractivity contribution in [1.82, 2.24) is 0 Å². The van der Waals surface area contributed by atoms with Gasteiger partial charge in [-0.2, -0.15) is 0 Å². The summed E-state index contributed by atoms with van der Waals surface area (Å²) in [7, 11) is 0. The van der Waals surface area contributed by atoms with Crippen molar-refractivity contribution < 1.29 is 4.79 Å². The molecule has 1 aromatic carbocycles. The quantitative estimate of drug-likeness (QED) is 0.915. The molecule has 0 spiro atoms. The van der Waals surface area contributed by atoms with E-state index >= 15 is 0 Å². The molecule has 18 heavy (non-hydrogen) atoms. The predicted octanol–water partition coefficient (Wildman–Crippen LogP) is 3.77. The fourth-order valence-electron chi connectivity index (χ4n) is 2.60. The summed E-state index contributed by atoms with van der Waals surface area (Å²) in [6.45, 7) is 0. The highest BCUT2D eigenvalue weighted by atomic mass is 35.5. The summed E-state index contributed by atoms with van der Waals surface area (Å²) in [5.74, 6) is 0.142. The summed E-state index contributed by atoms with van der Waals surface area (Å²) in [4.78, 5) is 12.1. The Morgan fingerprint density at radius 2 is 1.94 bits per heavy atom. The standard InChI is InChI=1S/C14H17Cl2NO/c15-11-3-4-13(16)10(7-11)8-12(18)9-14(17)5-1-2-6-14/h3-4,7H,1-2,5-6,8-9,17H2. The lowest BCUT2D eigenvalue weighted by Gasteiger charge is -2.22. The maximum atomic E-state index is 12.1. The van der Waals surface area contributed by atoms with Gasteiger partial charge in [0.15, 0.2) is 0 Å². The second-order valence-corrected chi connectivity index (χ2v) is 6.04. The van der Waals surface area contributed by atoms with E-state index in [-0.39, 0.29) is 11.3 Å². The number of rotatable bonds is 4. The van der Waals surface area contributed by atoms with Crippen LogP contribution in [0.3, 0.4) is 0 Å². The number of carbonyl (C=O) groups is 1. The number of ketones is 1. The van der Waals surface area contributed by atoms with Gasteiger partial charge in [-0.05, 0) is 36.6 Å². The minimum absolute atomic E-state index is 0.142. The molecule has 1 aromatic rings. The van der Waals surface area contributed by atoms with Crippen LogP contribution in [0.2, 0.25) is 10.0 Å². The van der Waals surface area contributed by atoms with E-state index in [2.05, 4.69) is 0 Å². The molecule has 0 aromatic heterocycles. The third kappa shape index (κ3) is 3.47. The molecule has 4 heteroatoms. The van der Waals surface area contributed by atoms with Crippen LogP contribution in [0.4, 0.5) is 0 Å². The van der Waals surface area contributed by atoms with Crippen LogP contribution in [0.1, 0.15) is 37.7 Å². The van der Waals surface area contributed by atoms with Gasteiger partial charge in [0.05, 0.1) is 0 Å². The van der Waals surface area contributed by atoms with Crippen LogP contribution >= 0.6 is 23.2 Å². The Labute approximate surface area is 117 Å². The van der Waals surface area contributed by atoms with E-state index in [0.29, 0.717) is 22.9 Å². The molecule has 0 bridgehead atoms. The van der Waals surface area contributed by atoms with Crippen LogP contribution in [-0.4, -0.2) is 11.3 Å². The largest absolute Gasteiger partial charge is 0.325 e. The summed E-state index contributed by atoms with van der Waals surface area (Å²) >= 11 is 12.0. The van der Waals surface area contributed by atoms with Crippen molar-refractivity contribution in [2.45, 2.75) is 44.1 Å². The average molecular weight is 286 g/mol. The summed E-state index contributed by atoms with van der Waals surface area (Å²) in [5, 5.41) is 1.19. The predicted molar refractivity (Wildman–Crippen MR) is 75.2 cm³/mol. The van der Waals surface area contributed by atoms with E-state index in [0.717, 1.165) is 31.2 Å². The Morgan fingerprint density at radius 3 is 2.61 bits per heavy atom. The molecule has 0 saturated heterocycles. The molecule has 1 saturated carbocycles. The van der Waals surface area contributed by atoms with Crippen LogP contribution in [0.15, 0.2) is 18.2 Å². The zero-order valence-corrected chi connectivity index (χ0v) is 11.7. The maximum Gasteiger partial charge on any atom is 0.139 e. The van der Waals surface area contributed by atoms with Gasteiger partial charge >= 0.3 is 0 Å². The minimum atomic E-state index is -0.290. The van der Waals surface area contributed by atoms with E-state index < -0.39 is 0 Å². The number of hydrogen-bond donors (Lipinski definition) is 1. The van der Waals surface area contributed by atoms with Gasteiger partial charge in [0, 0.05) is 28.4 Å². The smallest absolute Gasteiger partial charge is 0.139 e. The SMILES string of the molecule is NC1(CC(=O)Cc2cc(Cl)ccc2Cl)CCCC1. The van der Waals surface area contributed by atoms with Gasteiger partial charge in [0.2, 0.25) is 0 Å². The van der Waals surface area contributed by atoms with E-state index in [1.165, 1.54) is 0 Å². The van der Waals surface area contributed by atoms with Gasteiger partial charge in [-0.25, -0.2) is 0 Å².